The average molecular weight is 222 g/mol. The predicted octanol–water partition coefficient (Wildman–Crippen LogP) is 2.19. The molecular weight excluding hydrogens is 208 g/mol. The lowest BCUT2D eigenvalue weighted by Gasteiger charge is -2.33. The quantitative estimate of drug-likeness (QED) is 0.764. The maximum absolute atomic E-state index is 11.0. The van der Waals surface area contributed by atoms with Crippen molar-refractivity contribution < 1.29 is 19.7 Å². The van der Waals surface area contributed by atoms with E-state index in [4.69, 9.17) is 9.84 Å². The third-order valence-corrected chi connectivity index (χ3v) is 2.76. The van der Waals surface area contributed by atoms with E-state index in [0.717, 1.165) is 18.4 Å². The van der Waals surface area contributed by atoms with Crippen LogP contribution in [-0.2, 0) is 6.42 Å². The second-order valence-corrected chi connectivity index (χ2v) is 4.65. The maximum atomic E-state index is 11.0. The monoisotopic (exact) mass is 222 g/mol. The summed E-state index contributed by atoms with van der Waals surface area (Å²) < 4.78 is 5.67. The fourth-order valence-corrected chi connectivity index (χ4v) is 1.90. The highest BCUT2D eigenvalue weighted by atomic mass is 16.5. The van der Waals surface area contributed by atoms with Crippen LogP contribution in [0, 0.1) is 0 Å². The van der Waals surface area contributed by atoms with Gasteiger partial charge in [-0.15, -0.1) is 0 Å². The first-order valence-corrected chi connectivity index (χ1v) is 5.17. The smallest absolute Gasteiger partial charge is 0.339 e. The van der Waals surface area contributed by atoms with E-state index < -0.39 is 5.97 Å². The van der Waals surface area contributed by atoms with Crippen LogP contribution >= 0.6 is 0 Å². The summed E-state index contributed by atoms with van der Waals surface area (Å²) in [4.78, 5) is 11.0. The molecule has 1 aromatic carbocycles. The molecular formula is C12H14O4. The van der Waals surface area contributed by atoms with E-state index in [1.807, 2.05) is 13.8 Å². The number of carboxylic acid groups (broad SMARTS) is 1. The zero-order valence-corrected chi connectivity index (χ0v) is 9.28. The summed E-state index contributed by atoms with van der Waals surface area (Å²) in [5, 5.41) is 18.5. The van der Waals surface area contributed by atoms with Crippen LogP contribution in [0.3, 0.4) is 0 Å². The minimum Gasteiger partial charge on any atom is -0.508 e. The van der Waals surface area contributed by atoms with Gasteiger partial charge in [0, 0.05) is 0 Å². The van der Waals surface area contributed by atoms with Gasteiger partial charge in [0.05, 0.1) is 0 Å². The molecule has 0 aliphatic carbocycles. The predicted molar refractivity (Wildman–Crippen MR) is 58.1 cm³/mol. The van der Waals surface area contributed by atoms with Crippen LogP contribution in [0.5, 0.6) is 11.5 Å². The van der Waals surface area contributed by atoms with Gasteiger partial charge >= 0.3 is 5.97 Å². The molecule has 0 saturated heterocycles. The number of rotatable bonds is 1. The van der Waals surface area contributed by atoms with Crippen molar-refractivity contribution in [1.29, 1.82) is 0 Å². The lowest BCUT2D eigenvalue weighted by Crippen LogP contribution is -2.33. The van der Waals surface area contributed by atoms with E-state index in [0.29, 0.717) is 5.75 Å². The van der Waals surface area contributed by atoms with Crippen LogP contribution in [0.15, 0.2) is 12.1 Å². The number of aromatic carboxylic acids is 1. The number of fused-ring (bicyclic) bond motifs is 1. The SMILES string of the molecule is CC1(C)CCc2cc(O)cc(C(=O)O)c2O1. The van der Waals surface area contributed by atoms with Crippen molar-refractivity contribution in [1.82, 2.24) is 0 Å². The van der Waals surface area contributed by atoms with Crippen LogP contribution in [0.2, 0.25) is 0 Å². The van der Waals surface area contributed by atoms with Crippen molar-refractivity contribution in [2.24, 2.45) is 0 Å². The lowest BCUT2D eigenvalue weighted by atomic mass is 9.92. The molecule has 0 aromatic heterocycles. The molecule has 4 nitrogen and oxygen atoms in total. The van der Waals surface area contributed by atoms with Crippen molar-refractivity contribution in [2.45, 2.75) is 32.3 Å². The first-order chi connectivity index (χ1) is 7.39. The molecule has 0 spiro atoms. The fourth-order valence-electron chi connectivity index (χ4n) is 1.90. The second-order valence-electron chi connectivity index (χ2n) is 4.65. The number of aromatic hydroxyl groups is 1. The number of phenols is 1. The number of phenolic OH excluding ortho intramolecular Hbond substituents is 1. The zero-order chi connectivity index (χ0) is 11.9. The summed E-state index contributed by atoms with van der Waals surface area (Å²) in [7, 11) is 0. The van der Waals surface area contributed by atoms with E-state index in [-0.39, 0.29) is 16.9 Å². The summed E-state index contributed by atoms with van der Waals surface area (Å²) in [6.45, 7) is 3.85. The van der Waals surface area contributed by atoms with Gasteiger partial charge in [0.25, 0.3) is 0 Å². The van der Waals surface area contributed by atoms with Gasteiger partial charge in [-0.3, -0.25) is 0 Å². The minimum atomic E-state index is -1.08. The minimum absolute atomic E-state index is 0.0283. The maximum Gasteiger partial charge on any atom is 0.339 e. The topological polar surface area (TPSA) is 66.8 Å². The molecule has 1 heterocycles. The number of hydrogen-bond donors (Lipinski definition) is 2. The Hall–Kier alpha value is -1.71. The molecule has 1 aromatic rings. The number of carboxylic acids is 1. The molecule has 0 atom stereocenters. The molecule has 0 amide bonds. The molecule has 0 bridgehead atoms. The first-order valence-electron chi connectivity index (χ1n) is 5.17. The van der Waals surface area contributed by atoms with Crippen LogP contribution in [-0.4, -0.2) is 21.8 Å². The Morgan fingerprint density at radius 3 is 2.75 bits per heavy atom. The zero-order valence-electron chi connectivity index (χ0n) is 9.28. The molecule has 2 N–H and O–H groups in total. The van der Waals surface area contributed by atoms with E-state index in [1.54, 1.807) is 6.07 Å². The van der Waals surface area contributed by atoms with Crippen molar-refractivity contribution >= 4 is 5.97 Å². The Morgan fingerprint density at radius 2 is 2.12 bits per heavy atom. The highest BCUT2D eigenvalue weighted by molar-refractivity contribution is 5.92. The van der Waals surface area contributed by atoms with E-state index in [2.05, 4.69) is 0 Å². The van der Waals surface area contributed by atoms with Gasteiger partial charge in [0.1, 0.15) is 22.7 Å². The first kappa shape index (κ1) is 10.8. The van der Waals surface area contributed by atoms with Gasteiger partial charge in [-0.05, 0) is 44.4 Å². The number of hydrogen-bond acceptors (Lipinski definition) is 3. The Morgan fingerprint density at radius 1 is 1.44 bits per heavy atom. The number of aryl methyl sites for hydroxylation is 1. The summed E-state index contributed by atoms with van der Waals surface area (Å²) in [5.41, 5.74) is 0.438. The number of carbonyl (C=O) groups is 1. The van der Waals surface area contributed by atoms with Gasteiger partial charge in [-0.25, -0.2) is 4.79 Å². The summed E-state index contributed by atoms with van der Waals surface area (Å²) in [6.07, 6.45) is 1.53. The Balaban J connectivity index is 2.56. The van der Waals surface area contributed by atoms with Gasteiger partial charge < -0.3 is 14.9 Å². The number of benzene rings is 1. The molecule has 0 unspecified atom stereocenters. The standard InChI is InChI=1S/C12H14O4/c1-12(2)4-3-7-5-8(13)6-9(11(14)15)10(7)16-12/h5-6,13H,3-4H2,1-2H3,(H,14,15). The largest absolute Gasteiger partial charge is 0.508 e. The fraction of sp³-hybridized carbons (Fsp3) is 0.417. The van der Waals surface area contributed by atoms with Crippen molar-refractivity contribution in [2.75, 3.05) is 0 Å². The molecule has 4 heteroatoms. The van der Waals surface area contributed by atoms with E-state index >= 15 is 0 Å². The summed E-state index contributed by atoms with van der Waals surface area (Å²) in [6, 6.07) is 2.79. The highest BCUT2D eigenvalue weighted by Crippen LogP contribution is 2.38. The van der Waals surface area contributed by atoms with Crippen LogP contribution < -0.4 is 4.74 Å². The Kier molecular flexibility index (Phi) is 2.30. The van der Waals surface area contributed by atoms with E-state index in [1.165, 1.54) is 6.07 Å². The lowest BCUT2D eigenvalue weighted by molar-refractivity contribution is 0.0643. The highest BCUT2D eigenvalue weighted by Gasteiger charge is 2.30. The molecule has 16 heavy (non-hydrogen) atoms. The van der Waals surface area contributed by atoms with Crippen molar-refractivity contribution in [3.05, 3.63) is 23.3 Å². The third kappa shape index (κ3) is 1.83. The van der Waals surface area contributed by atoms with Crippen LogP contribution in [0.25, 0.3) is 0 Å². The molecule has 1 aliphatic heterocycles. The molecule has 0 saturated carbocycles. The van der Waals surface area contributed by atoms with Gasteiger partial charge in [-0.2, -0.15) is 0 Å². The molecule has 0 radical (unpaired) electrons. The summed E-state index contributed by atoms with van der Waals surface area (Å²) >= 11 is 0. The Bertz CT molecular complexity index is 449. The normalized spacial score (nSPS) is 17.4. The molecule has 2 rings (SSSR count). The average Bonchev–Trinajstić information content (AvgIpc) is 2.16. The molecule has 0 fully saturated rings. The van der Waals surface area contributed by atoms with E-state index in [9.17, 15) is 9.90 Å². The third-order valence-electron chi connectivity index (χ3n) is 2.76. The number of ether oxygens (including phenoxy) is 1. The molecule has 86 valence electrons. The van der Waals surface area contributed by atoms with Gasteiger partial charge in [-0.1, -0.05) is 0 Å². The van der Waals surface area contributed by atoms with Gasteiger partial charge in [0.15, 0.2) is 0 Å². The Labute approximate surface area is 93.5 Å². The van der Waals surface area contributed by atoms with Crippen LogP contribution in [0.4, 0.5) is 0 Å². The second kappa shape index (κ2) is 3.40. The van der Waals surface area contributed by atoms with Crippen molar-refractivity contribution in [3.8, 4) is 11.5 Å². The van der Waals surface area contributed by atoms with Gasteiger partial charge in [0.2, 0.25) is 0 Å². The molecule has 1 aliphatic rings. The summed E-state index contributed by atoms with van der Waals surface area (Å²) in [5.74, 6) is -0.717. The van der Waals surface area contributed by atoms with Crippen molar-refractivity contribution in [3.63, 3.8) is 0 Å². The van der Waals surface area contributed by atoms with Crippen LogP contribution in [0.1, 0.15) is 36.2 Å².